The van der Waals surface area contributed by atoms with E-state index in [0.717, 1.165) is 12.0 Å². The van der Waals surface area contributed by atoms with Crippen molar-refractivity contribution in [1.29, 1.82) is 0 Å². The van der Waals surface area contributed by atoms with Gasteiger partial charge in [0.2, 0.25) is 0 Å². The predicted octanol–water partition coefficient (Wildman–Crippen LogP) is 2.06. The Morgan fingerprint density at radius 2 is 1.95 bits per heavy atom. The molecule has 3 unspecified atom stereocenters. The number of aliphatic hydroxyl groups excluding tert-OH is 1. The zero-order chi connectivity index (χ0) is 15.1. The Morgan fingerprint density at radius 1 is 1.35 bits per heavy atom. The van der Waals surface area contributed by atoms with Gasteiger partial charge in [0.1, 0.15) is 0 Å². The monoisotopic (exact) mass is 300 g/mol. The molecule has 0 aliphatic carbocycles. The SMILES string of the molecule is CCC(N)C(c1ccc(Cl)cc1)N(C)CC(O)COC. The molecule has 1 rings (SSSR count). The minimum absolute atomic E-state index is 0.00378. The molecule has 0 spiro atoms. The predicted molar refractivity (Wildman–Crippen MR) is 83.0 cm³/mol. The van der Waals surface area contributed by atoms with Crippen molar-refractivity contribution in [2.24, 2.45) is 5.73 Å². The quantitative estimate of drug-likeness (QED) is 0.771. The Labute approximate surface area is 126 Å². The number of methoxy groups -OCH3 is 1. The van der Waals surface area contributed by atoms with Crippen LogP contribution in [0.1, 0.15) is 24.9 Å². The zero-order valence-electron chi connectivity index (χ0n) is 12.4. The number of nitrogens with zero attached hydrogens (tertiary/aromatic N) is 1. The van der Waals surface area contributed by atoms with E-state index in [1.165, 1.54) is 0 Å². The highest BCUT2D eigenvalue weighted by Gasteiger charge is 2.24. The van der Waals surface area contributed by atoms with Gasteiger partial charge in [-0.3, -0.25) is 4.90 Å². The summed E-state index contributed by atoms with van der Waals surface area (Å²) in [5.41, 5.74) is 7.36. The molecule has 0 saturated carbocycles. The van der Waals surface area contributed by atoms with E-state index in [1.54, 1.807) is 7.11 Å². The summed E-state index contributed by atoms with van der Waals surface area (Å²) >= 11 is 5.93. The molecule has 5 heteroatoms. The maximum Gasteiger partial charge on any atom is 0.0900 e. The first-order valence-corrected chi connectivity index (χ1v) is 7.25. The molecular formula is C15H25ClN2O2. The van der Waals surface area contributed by atoms with Crippen LogP contribution in [0.2, 0.25) is 5.02 Å². The van der Waals surface area contributed by atoms with Gasteiger partial charge in [0.05, 0.1) is 12.7 Å². The number of aliphatic hydroxyl groups is 1. The van der Waals surface area contributed by atoms with Gasteiger partial charge < -0.3 is 15.6 Å². The van der Waals surface area contributed by atoms with E-state index < -0.39 is 6.10 Å². The van der Waals surface area contributed by atoms with Gasteiger partial charge in [0.15, 0.2) is 0 Å². The Kier molecular flexibility index (Phi) is 7.48. The van der Waals surface area contributed by atoms with Gasteiger partial charge in [-0.1, -0.05) is 30.7 Å². The molecule has 0 radical (unpaired) electrons. The summed E-state index contributed by atoms with van der Waals surface area (Å²) in [4.78, 5) is 2.07. The molecule has 1 aromatic carbocycles. The smallest absolute Gasteiger partial charge is 0.0900 e. The molecule has 0 saturated heterocycles. The van der Waals surface area contributed by atoms with Gasteiger partial charge in [-0.2, -0.15) is 0 Å². The number of nitrogens with two attached hydrogens (primary N) is 1. The van der Waals surface area contributed by atoms with Gasteiger partial charge in [-0.05, 0) is 31.2 Å². The average Bonchev–Trinajstić information content (AvgIpc) is 2.41. The van der Waals surface area contributed by atoms with Gasteiger partial charge in [0.25, 0.3) is 0 Å². The summed E-state index contributed by atoms with van der Waals surface area (Å²) in [5.74, 6) is 0. The molecule has 3 atom stereocenters. The van der Waals surface area contributed by atoms with Crippen molar-refractivity contribution in [3.05, 3.63) is 34.9 Å². The van der Waals surface area contributed by atoms with Crippen molar-refractivity contribution in [3.63, 3.8) is 0 Å². The lowest BCUT2D eigenvalue weighted by Gasteiger charge is -2.34. The van der Waals surface area contributed by atoms with Gasteiger partial charge in [-0.15, -0.1) is 0 Å². The third-order valence-electron chi connectivity index (χ3n) is 3.42. The minimum Gasteiger partial charge on any atom is -0.389 e. The first-order chi connectivity index (χ1) is 9.49. The number of likely N-dealkylation sites (N-methyl/N-ethyl adjacent to an activating group) is 1. The van der Waals surface area contributed by atoms with Crippen LogP contribution in [0, 0.1) is 0 Å². The van der Waals surface area contributed by atoms with Crippen molar-refractivity contribution in [3.8, 4) is 0 Å². The molecule has 0 aromatic heterocycles. The van der Waals surface area contributed by atoms with Crippen molar-refractivity contribution < 1.29 is 9.84 Å². The molecule has 114 valence electrons. The summed E-state index contributed by atoms with van der Waals surface area (Å²) in [6.07, 6.45) is 0.335. The fourth-order valence-corrected chi connectivity index (χ4v) is 2.53. The molecular weight excluding hydrogens is 276 g/mol. The van der Waals surface area contributed by atoms with E-state index in [-0.39, 0.29) is 12.1 Å². The lowest BCUT2D eigenvalue weighted by atomic mass is 9.96. The van der Waals surface area contributed by atoms with Crippen molar-refractivity contribution in [1.82, 2.24) is 4.90 Å². The van der Waals surface area contributed by atoms with Crippen LogP contribution in [0.5, 0.6) is 0 Å². The fraction of sp³-hybridized carbons (Fsp3) is 0.600. The van der Waals surface area contributed by atoms with Crippen LogP contribution in [0.4, 0.5) is 0 Å². The van der Waals surface area contributed by atoms with E-state index in [4.69, 9.17) is 22.1 Å². The lowest BCUT2D eigenvalue weighted by Crippen LogP contribution is -2.42. The first kappa shape index (κ1) is 17.4. The number of benzene rings is 1. The molecule has 1 aromatic rings. The van der Waals surface area contributed by atoms with Gasteiger partial charge >= 0.3 is 0 Å². The van der Waals surface area contributed by atoms with E-state index in [9.17, 15) is 5.11 Å². The summed E-state index contributed by atoms with van der Waals surface area (Å²) in [5, 5.41) is 10.6. The molecule has 20 heavy (non-hydrogen) atoms. The van der Waals surface area contributed by atoms with Crippen molar-refractivity contribution >= 4 is 11.6 Å². The second-order valence-electron chi connectivity index (χ2n) is 5.12. The third-order valence-corrected chi connectivity index (χ3v) is 3.67. The number of hydrogen-bond acceptors (Lipinski definition) is 4. The van der Waals surface area contributed by atoms with Crippen LogP contribution in [0.25, 0.3) is 0 Å². The lowest BCUT2D eigenvalue weighted by molar-refractivity contribution is 0.0309. The average molecular weight is 301 g/mol. The Morgan fingerprint density at radius 3 is 2.45 bits per heavy atom. The standard InChI is InChI=1S/C15H25ClN2O2/c1-4-14(17)15(11-5-7-12(16)8-6-11)18(2)9-13(19)10-20-3/h5-8,13-15,19H,4,9-10,17H2,1-3H3. The van der Waals surface area contributed by atoms with Gasteiger partial charge in [0, 0.05) is 30.8 Å². The zero-order valence-corrected chi connectivity index (χ0v) is 13.2. The molecule has 0 bridgehead atoms. The van der Waals surface area contributed by atoms with Gasteiger partial charge in [-0.25, -0.2) is 0 Å². The van der Waals surface area contributed by atoms with Crippen LogP contribution in [-0.2, 0) is 4.74 Å². The number of ether oxygens (including phenoxy) is 1. The molecule has 0 aliphatic rings. The summed E-state index contributed by atoms with van der Waals surface area (Å²) in [6, 6.07) is 7.75. The molecule has 0 fully saturated rings. The normalized spacial score (nSPS) is 16.1. The molecule has 0 heterocycles. The second kappa shape index (κ2) is 8.60. The maximum atomic E-state index is 9.89. The second-order valence-corrected chi connectivity index (χ2v) is 5.55. The summed E-state index contributed by atoms with van der Waals surface area (Å²) in [6.45, 7) is 2.89. The van der Waals surface area contributed by atoms with E-state index in [0.29, 0.717) is 18.2 Å². The molecule has 0 aliphatic heterocycles. The fourth-order valence-electron chi connectivity index (χ4n) is 2.40. The van der Waals surface area contributed by atoms with Crippen LogP contribution >= 0.6 is 11.6 Å². The maximum absolute atomic E-state index is 9.89. The van der Waals surface area contributed by atoms with Crippen LogP contribution in [0.3, 0.4) is 0 Å². The first-order valence-electron chi connectivity index (χ1n) is 6.87. The highest BCUT2D eigenvalue weighted by molar-refractivity contribution is 6.30. The highest BCUT2D eigenvalue weighted by atomic mass is 35.5. The van der Waals surface area contributed by atoms with Crippen LogP contribution < -0.4 is 5.73 Å². The third kappa shape index (κ3) is 5.04. The van der Waals surface area contributed by atoms with Crippen LogP contribution in [-0.4, -0.2) is 49.5 Å². The molecule has 4 nitrogen and oxygen atoms in total. The number of hydrogen-bond donors (Lipinski definition) is 2. The highest BCUT2D eigenvalue weighted by Crippen LogP contribution is 2.25. The van der Waals surface area contributed by atoms with E-state index >= 15 is 0 Å². The Bertz CT molecular complexity index is 386. The van der Waals surface area contributed by atoms with E-state index in [2.05, 4.69) is 11.8 Å². The van der Waals surface area contributed by atoms with Crippen LogP contribution in [0.15, 0.2) is 24.3 Å². The Balaban J connectivity index is 2.86. The van der Waals surface area contributed by atoms with Crippen molar-refractivity contribution in [2.75, 3.05) is 27.3 Å². The largest absolute Gasteiger partial charge is 0.389 e. The van der Waals surface area contributed by atoms with Crippen molar-refractivity contribution in [2.45, 2.75) is 31.5 Å². The molecule has 3 N–H and O–H groups in total. The summed E-state index contributed by atoms with van der Waals surface area (Å²) in [7, 11) is 3.55. The number of rotatable bonds is 8. The van der Waals surface area contributed by atoms with E-state index in [1.807, 2.05) is 31.3 Å². The summed E-state index contributed by atoms with van der Waals surface area (Å²) < 4.78 is 4.97. The minimum atomic E-state index is -0.524. The molecule has 0 amide bonds. The Hall–Kier alpha value is -0.650. The topological polar surface area (TPSA) is 58.7 Å². The number of halogens is 1.